The van der Waals surface area contributed by atoms with Crippen molar-refractivity contribution in [3.8, 4) is 11.5 Å². The number of phenolic OH excluding ortho intramolecular Hbond substituents is 1. The molecule has 2 amide bonds. The Morgan fingerprint density at radius 3 is 2.62 bits per heavy atom. The third-order valence-electron chi connectivity index (χ3n) is 8.75. The molecule has 8 nitrogen and oxygen atoms in total. The predicted molar refractivity (Wildman–Crippen MR) is 151 cm³/mol. The molecule has 3 aromatic carbocycles. The summed E-state index contributed by atoms with van der Waals surface area (Å²) in [7, 11) is 1.51. The first kappa shape index (κ1) is 24.7. The Hall–Kier alpha value is -4.30. The molecular formula is C32H32N4O4. The number of hydrogen-bond donors (Lipinski definition) is 2. The van der Waals surface area contributed by atoms with Gasteiger partial charge in [0.05, 0.1) is 13.2 Å². The number of aromatic amines is 1. The van der Waals surface area contributed by atoms with Crippen LogP contribution in [-0.2, 0) is 22.6 Å². The topological polar surface area (TPSA) is 89.1 Å². The van der Waals surface area contributed by atoms with Gasteiger partial charge in [0.1, 0.15) is 12.6 Å². The zero-order valence-corrected chi connectivity index (χ0v) is 22.4. The normalized spacial score (nSPS) is 23.0. The zero-order valence-electron chi connectivity index (χ0n) is 22.4. The van der Waals surface area contributed by atoms with Crippen molar-refractivity contribution in [1.82, 2.24) is 19.7 Å². The lowest BCUT2D eigenvalue weighted by Crippen LogP contribution is -2.65. The standard InChI is InChI=1S/C32H32N4O4/c1-40-28-12-11-21(15-27(28)37)31-30-24(23-9-5-6-10-25(23)33-30)16-26-32(39)35(19-29(38)36(26)31)22-13-14-34(18-22)17-20-7-3-2-4-8-20/h2-12,15,22,26,31,33,37H,13-14,16-19H2,1H3/t22-,26-,31+/m1/s1. The van der Waals surface area contributed by atoms with E-state index in [1.807, 2.05) is 47.4 Å². The van der Waals surface area contributed by atoms with Crippen molar-refractivity contribution in [1.29, 1.82) is 0 Å². The summed E-state index contributed by atoms with van der Waals surface area (Å²) in [5.74, 6) is 0.295. The number of rotatable bonds is 5. The molecule has 0 unspecified atom stereocenters. The molecule has 0 aliphatic carbocycles. The highest BCUT2D eigenvalue weighted by atomic mass is 16.5. The molecule has 8 heteroatoms. The number of aromatic nitrogens is 1. The lowest BCUT2D eigenvalue weighted by atomic mass is 9.85. The number of para-hydroxylation sites is 1. The van der Waals surface area contributed by atoms with E-state index in [-0.39, 0.29) is 30.2 Å². The summed E-state index contributed by atoms with van der Waals surface area (Å²) < 4.78 is 5.26. The van der Waals surface area contributed by atoms with Gasteiger partial charge in [-0.05, 0) is 41.3 Å². The van der Waals surface area contributed by atoms with E-state index >= 15 is 0 Å². The van der Waals surface area contributed by atoms with Crippen LogP contribution in [0.5, 0.6) is 11.5 Å². The Bertz CT molecular complexity index is 1600. The fraction of sp³-hybridized carbons (Fsp3) is 0.312. The molecule has 2 N–H and O–H groups in total. The van der Waals surface area contributed by atoms with E-state index in [9.17, 15) is 14.7 Å². The second-order valence-electron chi connectivity index (χ2n) is 11.0. The van der Waals surface area contributed by atoms with Crippen LogP contribution in [0.1, 0.15) is 34.8 Å². The first-order valence-corrected chi connectivity index (χ1v) is 13.9. The molecule has 40 heavy (non-hydrogen) atoms. The number of carbonyl (C=O) groups excluding carboxylic acids is 2. The second-order valence-corrected chi connectivity index (χ2v) is 11.0. The number of carbonyl (C=O) groups is 2. The molecule has 7 rings (SSSR count). The summed E-state index contributed by atoms with van der Waals surface area (Å²) >= 11 is 0. The number of amides is 2. The molecule has 0 spiro atoms. The van der Waals surface area contributed by atoms with Crippen LogP contribution in [0.15, 0.2) is 72.8 Å². The average Bonchev–Trinajstić information content (AvgIpc) is 3.59. The van der Waals surface area contributed by atoms with E-state index in [1.54, 1.807) is 17.0 Å². The number of benzene rings is 3. The molecule has 2 fully saturated rings. The first-order chi connectivity index (χ1) is 19.5. The average molecular weight is 537 g/mol. The Morgan fingerprint density at radius 2 is 1.82 bits per heavy atom. The van der Waals surface area contributed by atoms with Crippen LogP contribution in [-0.4, -0.2) is 75.4 Å². The summed E-state index contributed by atoms with van der Waals surface area (Å²) in [5, 5.41) is 11.7. The molecule has 1 aromatic heterocycles. The van der Waals surface area contributed by atoms with Crippen molar-refractivity contribution in [2.24, 2.45) is 0 Å². The summed E-state index contributed by atoms with van der Waals surface area (Å²) in [4.78, 5) is 37.6. The molecule has 0 bridgehead atoms. The molecule has 2 saturated heterocycles. The lowest BCUT2D eigenvalue weighted by Gasteiger charge is -2.48. The molecule has 204 valence electrons. The number of likely N-dealkylation sites (tertiary alicyclic amines) is 1. The number of methoxy groups -OCH3 is 1. The van der Waals surface area contributed by atoms with E-state index in [1.165, 1.54) is 12.7 Å². The quantitative estimate of drug-likeness (QED) is 0.405. The van der Waals surface area contributed by atoms with Crippen LogP contribution in [0.25, 0.3) is 10.9 Å². The highest BCUT2D eigenvalue weighted by molar-refractivity contribution is 5.98. The monoisotopic (exact) mass is 536 g/mol. The second kappa shape index (κ2) is 9.71. The number of hydrogen-bond acceptors (Lipinski definition) is 5. The Labute approximate surface area is 232 Å². The van der Waals surface area contributed by atoms with Crippen molar-refractivity contribution in [3.05, 3.63) is 95.2 Å². The highest BCUT2D eigenvalue weighted by Gasteiger charge is 2.50. The van der Waals surface area contributed by atoms with Crippen LogP contribution >= 0.6 is 0 Å². The highest BCUT2D eigenvalue weighted by Crippen LogP contribution is 2.44. The van der Waals surface area contributed by atoms with Gasteiger partial charge in [-0.15, -0.1) is 0 Å². The minimum absolute atomic E-state index is 0.00154. The minimum Gasteiger partial charge on any atom is -0.504 e. The summed E-state index contributed by atoms with van der Waals surface area (Å²) in [6, 6.07) is 22.5. The van der Waals surface area contributed by atoms with E-state index in [2.05, 4.69) is 28.1 Å². The molecule has 4 heterocycles. The number of ether oxygens (including phenoxy) is 1. The number of H-pyrrole nitrogens is 1. The van der Waals surface area contributed by atoms with Crippen LogP contribution in [0.2, 0.25) is 0 Å². The van der Waals surface area contributed by atoms with Gasteiger partial charge in [-0.25, -0.2) is 0 Å². The maximum atomic E-state index is 14.2. The molecule has 0 saturated carbocycles. The van der Waals surface area contributed by atoms with Gasteiger partial charge in [0.15, 0.2) is 11.5 Å². The van der Waals surface area contributed by atoms with Gasteiger partial charge in [0, 0.05) is 48.7 Å². The van der Waals surface area contributed by atoms with E-state index in [0.717, 1.165) is 53.8 Å². The van der Waals surface area contributed by atoms with Gasteiger partial charge in [-0.2, -0.15) is 0 Å². The molecule has 3 atom stereocenters. The number of nitrogens with zero attached hydrogens (tertiary/aromatic N) is 3. The fourth-order valence-electron chi connectivity index (χ4n) is 6.87. The minimum atomic E-state index is -0.606. The van der Waals surface area contributed by atoms with Crippen molar-refractivity contribution in [3.63, 3.8) is 0 Å². The first-order valence-electron chi connectivity index (χ1n) is 13.9. The van der Waals surface area contributed by atoms with Crippen molar-refractivity contribution < 1.29 is 19.4 Å². The van der Waals surface area contributed by atoms with Crippen molar-refractivity contribution in [2.45, 2.75) is 37.5 Å². The Kier molecular flexibility index (Phi) is 6.00. The number of aromatic hydroxyl groups is 1. The maximum Gasteiger partial charge on any atom is 0.246 e. The Morgan fingerprint density at radius 1 is 1.02 bits per heavy atom. The van der Waals surface area contributed by atoms with E-state index in [0.29, 0.717) is 12.2 Å². The lowest BCUT2D eigenvalue weighted by molar-refractivity contribution is -0.160. The summed E-state index contributed by atoms with van der Waals surface area (Å²) in [6.07, 6.45) is 1.31. The predicted octanol–water partition coefficient (Wildman–Crippen LogP) is 3.84. The Balaban J connectivity index is 1.23. The van der Waals surface area contributed by atoms with Crippen molar-refractivity contribution >= 4 is 22.7 Å². The van der Waals surface area contributed by atoms with E-state index in [4.69, 9.17) is 4.74 Å². The maximum absolute atomic E-state index is 14.2. The van der Waals surface area contributed by atoms with Gasteiger partial charge in [-0.3, -0.25) is 14.5 Å². The van der Waals surface area contributed by atoms with Crippen LogP contribution in [0.3, 0.4) is 0 Å². The molecule has 3 aliphatic rings. The van der Waals surface area contributed by atoms with Gasteiger partial charge in [0.25, 0.3) is 0 Å². The van der Waals surface area contributed by atoms with Gasteiger partial charge >= 0.3 is 0 Å². The fourth-order valence-corrected chi connectivity index (χ4v) is 6.87. The zero-order chi connectivity index (χ0) is 27.4. The van der Waals surface area contributed by atoms with Crippen molar-refractivity contribution in [2.75, 3.05) is 26.7 Å². The number of phenols is 1. The molecule has 4 aromatic rings. The molecule has 0 radical (unpaired) electrons. The molecular weight excluding hydrogens is 504 g/mol. The van der Waals surface area contributed by atoms with Gasteiger partial charge < -0.3 is 24.6 Å². The number of piperazine rings is 1. The van der Waals surface area contributed by atoms with Crippen LogP contribution in [0.4, 0.5) is 0 Å². The largest absolute Gasteiger partial charge is 0.504 e. The molecule has 3 aliphatic heterocycles. The third kappa shape index (κ3) is 4.02. The third-order valence-corrected chi connectivity index (χ3v) is 8.75. The number of fused-ring (bicyclic) bond motifs is 4. The number of nitrogens with one attached hydrogen (secondary N) is 1. The SMILES string of the molecule is COc1ccc([C@H]2c3[nH]c4ccccc4c3C[C@@H]3C(=O)N([C@@H]4CCN(Cc5ccccc5)C4)CC(=O)N23)cc1O. The van der Waals surface area contributed by atoms with E-state index < -0.39 is 12.1 Å². The van der Waals surface area contributed by atoms with Crippen LogP contribution < -0.4 is 4.74 Å². The summed E-state index contributed by atoms with van der Waals surface area (Å²) in [5.41, 5.74) is 4.91. The van der Waals surface area contributed by atoms with Gasteiger partial charge in [-0.1, -0.05) is 54.6 Å². The van der Waals surface area contributed by atoms with Gasteiger partial charge in [0.2, 0.25) is 11.8 Å². The summed E-state index contributed by atoms with van der Waals surface area (Å²) in [6.45, 7) is 2.55. The smallest absolute Gasteiger partial charge is 0.246 e. The van der Waals surface area contributed by atoms with Crippen LogP contribution in [0, 0.1) is 0 Å².